The third-order valence-electron chi connectivity index (χ3n) is 2.51. The van der Waals surface area contributed by atoms with Crippen molar-refractivity contribution in [3.63, 3.8) is 0 Å². The second-order valence-corrected chi connectivity index (χ2v) is 3.75. The molecule has 5 heteroatoms. The van der Waals surface area contributed by atoms with E-state index in [4.69, 9.17) is 10.5 Å². The summed E-state index contributed by atoms with van der Waals surface area (Å²) in [6.07, 6.45) is 1.90. The molecule has 92 valence electrons. The van der Waals surface area contributed by atoms with Gasteiger partial charge in [0, 0.05) is 18.4 Å². The Balaban J connectivity index is 2.38. The highest BCUT2D eigenvalue weighted by molar-refractivity contribution is 5.57. The van der Waals surface area contributed by atoms with Gasteiger partial charge in [0.25, 0.3) is 0 Å². The molecule has 1 aromatic heterocycles. The van der Waals surface area contributed by atoms with E-state index in [1.165, 1.54) is 0 Å². The molecule has 0 aliphatic carbocycles. The molecule has 0 aliphatic heterocycles. The maximum atomic E-state index is 8.88. The second-order valence-electron chi connectivity index (χ2n) is 3.75. The van der Waals surface area contributed by atoms with Crippen LogP contribution in [0, 0.1) is 22.7 Å². The van der Waals surface area contributed by atoms with Crippen LogP contribution in [0.2, 0.25) is 0 Å². The smallest absolute Gasteiger partial charge is 0.231 e. The Hall–Kier alpha value is -2.92. The number of hydrogen-bond donors (Lipinski definition) is 0. The minimum Gasteiger partial charge on any atom is -0.309 e. The van der Waals surface area contributed by atoms with Crippen molar-refractivity contribution in [3.8, 4) is 12.1 Å². The van der Waals surface area contributed by atoms with Gasteiger partial charge >= 0.3 is 0 Å². The minimum absolute atomic E-state index is 0.308. The van der Waals surface area contributed by atoms with E-state index in [-0.39, 0.29) is 0 Å². The van der Waals surface area contributed by atoms with Crippen molar-refractivity contribution in [1.29, 1.82) is 10.5 Å². The second kappa shape index (κ2) is 6.13. The van der Waals surface area contributed by atoms with E-state index in [0.717, 1.165) is 5.69 Å². The molecular formula is C14H11N5. The monoisotopic (exact) mass is 249 g/mol. The molecule has 0 N–H and O–H groups in total. The number of benzene rings is 1. The number of aromatic nitrogens is 2. The third kappa shape index (κ3) is 3.05. The zero-order chi connectivity index (χ0) is 13.5. The number of rotatable bonds is 4. The lowest BCUT2D eigenvalue weighted by molar-refractivity contribution is 0.895. The summed E-state index contributed by atoms with van der Waals surface area (Å²) in [5, 5.41) is 17.6. The first-order valence-corrected chi connectivity index (χ1v) is 5.78. The van der Waals surface area contributed by atoms with Gasteiger partial charge in [-0.2, -0.15) is 10.5 Å². The van der Waals surface area contributed by atoms with Crippen molar-refractivity contribution in [1.82, 2.24) is 9.97 Å². The molecule has 19 heavy (non-hydrogen) atoms. The minimum atomic E-state index is 0.308. The number of nitriles is 2. The van der Waals surface area contributed by atoms with Gasteiger partial charge < -0.3 is 4.90 Å². The van der Waals surface area contributed by atoms with Crippen LogP contribution in [0.15, 0.2) is 42.6 Å². The van der Waals surface area contributed by atoms with Gasteiger partial charge in [0.1, 0.15) is 11.8 Å². The predicted molar refractivity (Wildman–Crippen MR) is 70.4 cm³/mol. The molecule has 0 spiro atoms. The van der Waals surface area contributed by atoms with Gasteiger partial charge in [-0.3, -0.25) is 0 Å². The first kappa shape index (κ1) is 12.5. The molecule has 0 saturated carbocycles. The molecule has 0 radical (unpaired) electrons. The lowest BCUT2D eigenvalue weighted by atomic mass is 10.3. The van der Waals surface area contributed by atoms with Crippen molar-refractivity contribution in [3.05, 3.63) is 48.3 Å². The Bertz CT molecular complexity index is 624. The summed E-state index contributed by atoms with van der Waals surface area (Å²) in [4.78, 5) is 10.2. The Morgan fingerprint density at radius 2 is 1.89 bits per heavy atom. The predicted octanol–water partition coefficient (Wildman–Crippen LogP) is 2.40. The van der Waals surface area contributed by atoms with E-state index in [9.17, 15) is 0 Å². The van der Waals surface area contributed by atoms with Crippen molar-refractivity contribution in [2.75, 3.05) is 11.4 Å². The number of anilines is 2. The zero-order valence-electron chi connectivity index (χ0n) is 10.2. The molecule has 0 amide bonds. The summed E-state index contributed by atoms with van der Waals surface area (Å²) >= 11 is 0. The molecule has 2 aromatic rings. The summed E-state index contributed by atoms with van der Waals surface area (Å²) in [7, 11) is 0. The first-order valence-electron chi connectivity index (χ1n) is 5.78. The largest absolute Gasteiger partial charge is 0.309 e. The normalized spacial score (nSPS) is 9.37. The molecule has 2 rings (SSSR count). The van der Waals surface area contributed by atoms with Crippen LogP contribution in [0.3, 0.4) is 0 Å². The zero-order valence-corrected chi connectivity index (χ0v) is 10.2. The summed E-state index contributed by atoms with van der Waals surface area (Å²) < 4.78 is 0. The van der Waals surface area contributed by atoms with Gasteiger partial charge in [-0.05, 0) is 18.2 Å². The van der Waals surface area contributed by atoms with E-state index in [0.29, 0.717) is 24.6 Å². The van der Waals surface area contributed by atoms with Crippen LogP contribution in [0.25, 0.3) is 0 Å². The molecule has 0 saturated heterocycles. The van der Waals surface area contributed by atoms with Crippen molar-refractivity contribution in [2.45, 2.75) is 6.42 Å². The van der Waals surface area contributed by atoms with E-state index < -0.39 is 0 Å². The number of nitrogens with zero attached hydrogens (tertiary/aromatic N) is 5. The van der Waals surface area contributed by atoms with E-state index in [1.54, 1.807) is 12.3 Å². The third-order valence-corrected chi connectivity index (χ3v) is 2.51. The van der Waals surface area contributed by atoms with E-state index in [2.05, 4.69) is 16.0 Å². The van der Waals surface area contributed by atoms with Crippen molar-refractivity contribution < 1.29 is 0 Å². The molecular weight excluding hydrogens is 238 g/mol. The molecule has 0 atom stereocenters. The molecule has 0 fully saturated rings. The van der Waals surface area contributed by atoms with Gasteiger partial charge in [-0.15, -0.1) is 0 Å². The molecule has 1 aromatic carbocycles. The van der Waals surface area contributed by atoms with Gasteiger partial charge in [-0.1, -0.05) is 18.2 Å². The van der Waals surface area contributed by atoms with Crippen LogP contribution in [0.5, 0.6) is 0 Å². The maximum Gasteiger partial charge on any atom is 0.231 e. The number of para-hydroxylation sites is 1. The Morgan fingerprint density at radius 3 is 2.58 bits per heavy atom. The quantitative estimate of drug-likeness (QED) is 0.831. The highest BCUT2D eigenvalue weighted by Gasteiger charge is 2.12. The van der Waals surface area contributed by atoms with Gasteiger partial charge in [0.05, 0.1) is 12.5 Å². The topological polar surface area (TPSA) is 76.6 Å². The summed E-state index contributed by atoms with van der Waals surface area (Å²) in [6, 6.07) is 15.2. The molecule has 0 bridgehead atoms. The summed E-state index contributed by atoms with van der Waals surface area (Å²) in [6.45, 7) is 0.482. The van der Waals surface area contributed by atoms with Crippen molar-refractivity contribution >= 4 is 11.6 Å². The van der Waals surface area contributed by atoms with Gasteiger partial charge in [-0.25, -0.2) is 9.97 Å². The molecule has 5 nitrogen and oxygen atoms in total. The highest BCUT2D eigenvalue weighted by atomic mass is 15.2. The molecule has 0 aliphatic rings. The fourth-order valence-corrected chi connectivity index (χ4v) is 1.66. The fraction of sp³-hybridized carbons (Fsp3) is 0.143. The average Bonchev–Trinajstić information content (AvgIpc) is 2.49. The van der Waals surface area contributed by atoms with Crippen LogP contribution < -0.4 is 4.90 Å². The standard InChI is InChI=1S/C14H11N5/c15-8-4-10-19(13-5-2-1-3-6-13)14-17-9-7-12(11-16)18-14/h1-3,5-7,9H,4,10H2. The summed E-state index contributed by atoms with van der Waals surface area (Å²) in [5.74, 6) is 0.431. The maximum absolute atomic E-state index is 8.88. The Morgan fingerprint density at radius 1 is 1.11 bits per heavy atom. The molecule has 0 unspecified atom stereocenters. The van der Waals surface area contributed by atoms with E-state index in [1.807, 2.05) is 41.3 Å². The number of hydrogen-bond acceptors (Lipinski definition) is 5. The Kier molecular flexibility index (Phi) is 4.05. The SMILES string of the molecule is N#CCCN(c1ccccc1)c1nccc(C#N)n1. The lowest BCUT2D eigenvalue weighted by Gasteiger charge is -2.21. The van der Waals surface area contributed by atoms with Gasteiger partial charge in [0.15, 0.2) is 0 Å². The van der Waals surface area contributed by atoms with Crippen LogP contribution >= 0.6 is 0 Å². The Labute approximate surface area is 111 Å². The fourth-order valence-electron chi connectivity index (χ4n) is 1.66. The highest BCUT2D eigenvalue weighted by Crippen LogP contribution is 2.21. The van der Waals surface area contributed by atoms with Crippen LogP contribution in [0.1, 0.15) is 12.1 Å². The van der Waals surface area contributed by atoms with Crippen LogP contribution in [-0.2, 0) is 0 Å². The van der Waals surface area contributed by atoms with Gasteiger partial charge in [0.2, 0.25) is 5.95 Å². The van der Waals surface area contributed by atoms with Crippen LogP contribution in [0.4, 0.5) is 11.6 Å². The van der Waals surface area contributed by atoms with E-state index >= 15 is 0 Å². The van der Waals surface area contributed by atoms with Crippen LogP contribution in [-0.4, -0.2) is 16.5 Å². The first-order chi connectivity index (χ1) is 9.35. The molecule has 1 heterocycles. The summed E-state index contributed by atoms with van der Waals surface area (Å²) in [5.41, 5.74) is 1.20. The van der Waals surface area contributed by atoms with Crippen molar-refractivity contribution in [2.24, 2.45) is 0 Å². The lowest BCUT2D eigenvalue weighted by Crippen LogP contribution is -2.20. The average molecular weight is 249 g/mol.